The van der Waals surface area contributed by atoms with E-state index in [1.165, 1.54) is 0 Å². The maximum absolute atomic E-state index is 12.2. The van der Waals surface area contributed by atoms with Gasteiger partial charge in [0.25, 0.3) is 5.91 Å². The van der Waals surface area contributed by atoms with E-state index in [0.29, 0.717) is 6.54 Å². The standard InChI is InChI=1S/C16H17N3O3/c20-15(18-11-13-6-8-17-9-7-13)14(16(21)19-22)10-12-4-2-1-3-5-12/h1-9,14,22H,10-11H2,(H,18,20)(H,19,21). The topological polar surface area (TPSA) is 91.3 Å². The predicted octanol–water partition coefficient (Wildman–Crippen LogP) is 1.06. The van der Waals surface area contributed by atoms with Crippen LogP contribution in [0.15, 0.2) is 54.9 Å². The lowest BCUT2D eigenvalue weighted by Crippen LogP contribution is -2.41. The summed E-state index contributed by atoms with van der Waals surface area (Å²) in [6, 6.07) is 12.7. The fraction of sp³-hybridized carbons (Fsp3) is 0.188. The lowest BCUT2D eigenvalue weighted by Gasteiger charge is -2.15. The van der Waals surface area contributed by atoms with Gasteiger partial charge in [-0.2, -0.15) is 0 Å². The third kappa shape index (κ3) is 4.39. The van der Waals surface area contributed by atoms with Gasteiger partial charge in [0.1, 0.15) is 5.92 Å². The monoisotopic (exact) mass is 299 g/mol. The van der Waals surface area contributed by atoms with Gasteiger partial charge in [0.15, 0.2) is 0 Å². The average molecular weight is 299 g/mol. The lowest BCUT2D eigenvalue weighted by molar-refractivity contribution is -0.140. The highest BCUT2D eigenvalue weighted by atomic mass is 16.5. The van der Waals surface area contributed by atoms with Crippen LogP contribution in [0, 0.1) is 5.92 Å². The first-order valence-electron chi connectivity index (χ1n) is 6.85. The van der Waals surface area contributed by atoms with Gasteiger partial charge in [-0.25, -0.2) is 5.48 Å². The maximum atomic E-state index is 12.2. The van der Waals surface area contributed by atoms with Crippen LogP contribution < -0.4 is 10.8 Å². The summed E-state index contributed by atoms with van der Waals surface area (Å²) in [5.74, 6) is -2.16. The van der Waals surface area contributed by atoms with Crippen LogP contribution in [0.25, 0.3) is 0 Å². The maximum Gasteiger partial charge on any atom is 0.256 e. The molecule has 0 spiro atoms. The van der Waals surface area contributed by atoms with Crippen LogP contribution in [-0.2, 0) is 22.6 Å². The van der Waals surface area contributed by atoms with Crippen LogP contribution in [0.1, 0.15) is 11.1 Å². The second kappa shape index (κ2) is 7.90. The van der Waals surface area contributed by atoms with Crippen molar-refractivity contribution in [2.45, 2.75) is 13.0 Å². The van der Waals surface area contributed by atoms with E-state index in [0.717, 1.165) is 11.1 Å². The Morgan fingerprint density at radius 2 is 1.68 bits per heavy atom. The average Bonchev–Trinajstić information content (AvgIpc) is 2.58. The molecule has 0 bridgehead atoms. The van der Waals surface area contributed by atoms with Gasteiger partial charge in [-0.1, -0.05) is 30.3 Å². The van der Waals surface area contributed by atoms with Crippen molar-refractivity contribution in [3.63, 3.8) is 0 Å². The van der Waals surface area contributed by atoms with E-state index in [9.17, 15) is 9.59 Å². The molecular weight excluding hydrogens is 282 g/mol. The molecule has 0 saturated carbocycles. The van der Waals surface area contributed by atoms with E-state index in [4.69, 9.17) is 5.21 Å². The molecule has 2 amide bonds. The summed E-state index contributed by atoms with van der Waals surface area (Å²) in [5.41, 5.74) is 3.28. The van der Waals surface area contributed by atoms with Gasteiger partial charge >= 0.3 is 0 Å². The van der Waals surface area contributed by atoms with Crippen molar-refractivity contribution in [3.8, 4) is 0 Å². The molecule has 1 heterocycles. The highest BCUT2D eigenvalue weighted by Crippen LogP contribution is 2.10. The van der Waals surface area contributed by atoms with Gasteiger partial charge in [0, 0.05) is 18.9 Å². The van der Waals surface area contributed by atoms with E-state index in [1.54, 1.807) is 30.0 Å². The quantitative estimate of drug-likeness (QED) is 0.422. The molecule has 0 saturated heterocycles. The Hall–Kier alpha value is -2.73. The Morgan fingerprint density at radius 1 is 1.00 bits per heavy atom. The van der Waals surface area contributed by atoms with Gasteiger partial charge in [-0.05, 0) is 29.7 Å². The third-order valence-corrected chi connectivity index (χ3v) is 3.24. The van der Waals surface area contributed by atoms with Gasteiger partial charge in [-0.15, -0.1) is 0 Å². The molecule has 0 radical (unpaired) electrons. The molecular formula is C16H17N3O3. The Morgan fingerprint density at radius 3 is 2.32 bits per heavy atom. The molecule has 1 atom stereocenters. The molecule has 1 aromatic heterocycles. The molecule has 1 unspecified atom stereocenters. The Bertz CT molecular complexity index is 617. The fourth-order valence-electron chi connectivity index (χ4n) is 2.05. The van der Waals surface area contributed by atoms with Crippen molar-refractivity contribution in [1.82, 2.24) is 15.8 Å². The Kier molecular flexibility index (Phi) is 5.62. The second-order valence-corrected chi connectivity index (χ2v) is 4.79. The van der Waals surface area contributed by atoms with E-state index < -0.39 is 17.7 Å². The molecule has 0 fully saturated rings. The molecule has 0 aliphatic heterocycles. The first-order valence-corrected chi connectivity index (χ1v) is 6.85. The van der Waals surface area contributed by atoms with Gasteiger partial charge < -0.3 is 5.32 Å². The summed E-state index contributed by atoms with van der Waals surface area (Å²) < 4.78 is 0. The molecule has 2 rings (SSSR count). The minimum Gasteiger partial charge on any atom is -0.351 e. The normalized spacial score (nSPS) is 11.5. The smallest absolute Gasteiger partial charge is 0.256 e. The van der Waals surface area contributed by atoms with Gasteiger partial charge in [0.05, 0.1) is 0 Å². The van der Waals surface area contributed by atoms with Gasteiger partial charge in [0.2, 0.25) is 5.91 Å². The van der Waals surface area contributed by atoms with Gasteiger partial charge in [-0.3, -0.25) is 19.8 Å². The zero-order valence-electron chi connectivity index (χ0n) is 11.9. The molecule has 114 valence electrons. The number of aromatic nitrogens is 1. The summed E-state index contributed by atoms with van der Waals surface area (Å²) in [4.78, 5) is 27.9. The zero-order chi connectivity index (χ0) is 15.8. The second-order valence-electron chi connectivity index (χ2n) is 4.79. The van der Waals surface area contributed by atoms with E-state index in [1.807, 2.05) is 30.3 Å². The van der Waals surface area contributed by atoms with Crippen LogP contribution in [0.4, 0.5) is 0 Å². The number of pyridine rings is 1. The number of benzene rings is 1. The van der Waals surface area contributed by atoms with E-state index in [2.05, 4.69) is 10.3 Å². The number of nitrogens with zero attached hydrogens (tertiary/aromatic N) is 1. The number of amides is 2. The van der Waals surface area contributed by atoms with Crippen LogP contribution in [-0.4, -0.2) is 22.0 Å². The fourth-order valence-corrected chi connectivity index (χ4v) is 2.05. The van der Waals surface area contributed by atoms with Crippen molar-refractivity contribution in [2.75, 3.05) is 0 Å². The number of hydrogen-bond donors (Lipinski definition) is 3. The van der Waals surface area contributed by atoms with Crippen LogP contribution >= 0.6 is 0 Å². The predicted molar refractivity (Wildman–Crippen MR) is 79.6 cm³/mol. The van der Waals surface area contributed by atoms with Crippen LogP contribution in [0.5, 0.6) is 0 Å². The van der Waals surface area contributed by atoms with Crippen LogP contribution in [0.2, 0.25) is 0 Å². The van der Waals surface area contributed by atoms with Crippen LogP contribution in [0.3, 0.4) is 0 Å². The number of rotatable bonds is 6. The molecule has 3 N–H and O–H groups in total. The third-order valence-electron chi connectivity index (χ3n) is 3.24. The number of nitrogens with one attached hydrogen (secondary N) is 2. The summed E-state index contributed by atoms with van der Waals surface area (Å²) in [6.07, 6.45) is 3.47. The Balaban J connectivity index is 2.02. The van der Waals surface area contributed by atoms with Crippen molar-refractivity contribution in [3.05, 3.63) is 66.0 Å². The summed E-state index contributed by atoms with van der Waals surface area (Å²) in [6.45, 7) is 0.297. The molecule has 2 aromatic rings. The lowest BCUT2D eigenvalue weighted by atomic mass is 9.97. The van der Waals surface area contributed by atoms with E-state index in [-0.39, 0.29) is 6.42 Å². The van der Waals surface area contributed by atoms with E-state index >= 15 is 0 Å². The first-order chi connectivity index (χ1) is 10.7. The van der Waals surface area contributed by atoms with Crippen molar-refractivity contribution < 1.29 is 14.8 Å². The highest BCUT2D eigenvalue weighted by Gasteiger charge is 2.26. The first kappa shape index (κ1) is 15.7. The number of hydroxylamine groups is 1. The minimum absolute atomic E-state index is 0.218. The summed E-state index contributed by atoms with van der Waals surface area (Å²) in [7, 11) is 0. The molecule has 0 aliphatic rings. The Labute approximate surface area is 128 Å². The molecule has 22 heavy (non-hydrogen) atoms. The van der Waals surface area contributed by atoms with Crippen molar-refractivity contribution in [2.24, 2.45) is 5.92 Å². The molecule has 1 aromatic carbocycles. The molecule has 6 nitrogen and oxygen atoms in total. The molecule has 0 aliphatic carbocycles. The SMILES string of the molecule is O=C(NO)C(Cc1ccccc1)C(=O)NCc1ccncc1. The number of hydrogen-bond acceptors (Lipinski definition) is 4. The zero-order valence-corrected chi connectivity index (χ0v) is 11.9. The van der Waals surface area contributed by atoms with Crippen molar-refractivity contribution in [1.29, 1.82) is 0 Å². The van der Waals surface area contributed by atoms with Crippen molar-refractivity contribution >= 4 is 11.8 Å². The summed E-state index contributed by atoms with van der Waals surface area (Å²) in [5, 5.41) is 11.5. The minimum atomic E-state index is -0.991. The highest BCUT2D eigenvalue weighted by molar-refractivity contribution is 6.00. The number of carbonyl (C=O) groups excluding carboxylic acids is 2. The largest absolute Gasteiger partial charge is 0.351 e. The number of carbonyl (C=O) groups is 2. The summed E-state index contributed by atoms with van der Waals surface area (Å²) >= 11 is 0. The molecule has 6 heteroatoms.